The molecular weight excluding hydrogens is 233 g/mol. The van der Waals surface area contributed by atoms with Gasteiger partial charge in [-0.15, -0.1) is 0 Å². The highest BCUT2D eigenvalue weighted by molar-refractivity contribution is 6.04. The Labute approximate surface area is 104 Å². The Morgan fingerprint density at radius 2 is 2.00 bits per heavy atom. The minimum absolute atomic E-state index is 0.0582. The first-order valence-corrected chi connectivity index (χ1v) is 5.43. The van der Waals surface area contributed by atoms with Crippen LogP contribution in [0.5, 0.6) is 5.75 Å². The maximum absolute atomic E-state index is 13.3. The Kier molecular flexibility index (Phi) is 3.28. The molecule has 0 aliphatic rings. The van der Waals surface area contributed by atoms with Crippen LogP contribution in [0.25, 0.3) is 0 Å². The maximum Gasteiger partial charge on any atom is 0.255 e. The number of carbonyl (C=O) groups is 1. The number of hydrogen-bond acceptors (Lipinski definition) is 2. The lowest BCUT2D eigenvalue weighted by Gasteiger charge is -2.06. The van der Waals surface area contributed by atoms with Crippen LogP contribution < -0.4 is 5.32 Å². The fourth-order valence-corrected chi connectivity index (χ4v) is 1.52. The van der Waals surface area contributed by atoms with Gasteiger partial charge in [0.1, 0.15) is 11.6 Å². The summed E-state index contributed by atoms with van der Waals surface area (Å²) in [6, 6.07) is 10.5. The van der Waals surface area contributed by atoms with Gasteiger partial charge in [-0.05, 0) is 36.8 Å². The third-order valence-corrected chi connectivity index (χ3v) is 2.54. The predicted octanol–water partition coefficient (Wildman–Crippen LogP) is 3.09. The molecule has 0 heterocycles. The van der Waals surface area contributed by atoms with Gasteiger partial charge >= 0.3 is 0 Å². The number of rotatable bonds is 2. The van der Waals surface area contributed by atoms with Gasteiger partial charge in [-0.1, -0.05) is 12.1 Å². The van der Waals surface area contributed by atoms with E-state index in [1.165, 1.54) is 18.2 Å². The van der Waals surface area contributed by atoms with Crippen molar-refractivity contribution in [3.8, 4) is 5.75 Å². The summed E-state index contributed by atoms with van der Waals surface area (Å²) in [5, 5.41) is 11.8. The van der Waals surface area contributed by atoms with E-state index in [4.69, 9.17) is 0 Å². The Bertz CT molecular complexity index is 596. The predicted molar refractivity (Wildman–Crippen MR) is 67.2 cm³/mol. The number of phenolic OH excluding ortho intramolecular Hbond substituents is 1. The lowest BCUT2D eigenvalue weighted by atomic mass is 10.1. The highest BCUT2D eigenvalue weighted by Crippen LogP contribution is 2.17. The largest absolute Gasteiger partial charge is 0.508 e. The Balaban J connectivity index is 2.19. The molecule has 92 valence electrons. The van der Waals surface area contributed by atoms with Gasteiger partial charge in [-0.3, -0.25) is 4.79 Å². The van der Waals surface area contributed by atoms with Crippen LogP contribution in [-0.4, -0.2) is 11.0 Å². The molecule has 4 heteroatoms. The lowest BCUT2D eigenvalue weighted by Crippen LogP contribution is -2.12. The second-order valence-electron chi connectivity index (χ2n) is 3.97. The standard InChI is InChI=1S/C14H12FNO2/c1-9-5-6-10(7-13(9)15)14(18)16-11-3-2-4-12(17)8-11/h2-8,17H,1H3,(H,16,18). The van der Waals surface area contributed by atoms with Crippen LogP contribution in [0.4, 0.5) is 10.1 Å². The van der Waals surface area contributed by atoms with Gasteiger partial charge in [0.05, 0.1) is 0 Å². The van der Waals surface area contributed by atoms with Crippen molar-refractivity contribution in [2.24, 2.45) is 0 Å². The molecular formula is C14H12FNO2. The van der Waals surface area contributed by atoms with Crippen molar-refractivity contribution >= 4 is 11.6 Å². The highest BCUT2D eigenvalue weighted by atomic mass is 19.1. The summed E-state index contributed by atoms with van der Waals surface area (Å²) < 4.78 is 13.3. The van der Waals surface area contributed by atoms with Crippen molar-refractivity contribution in [2.45, 2.75) is 6.92 Å². The van der Waals surface area contributed by atoms with Crippen LogP contribution in [0.1, 0.15) is 15.9 Å². The van der Waals surface area contributed by atoms with E-state index in [1.54, 1.807) is 31.2 Å². The Morgan fingerprint density at radius 1 is 1.22 bits per heavy atom. The molecule has 0 aromatic heterocycles. The van der Waals surface area contributed by atoms with Crippen molar-refractivity contribution in [3.05, 3.63) is 59.4 Å². The summed E-state index contributed by atoms with van der Waals surface area (Å²) in [6.45, 7) is 1.63. The van der Waals surface area contributed by atoms with Gasteiger partial charge in [-0.25, -0.2) is 4.39 Å². The topological polar surface area (TPSA) is 49.3 Å². The molecule has 2 aromatic carbocycles. The van der Waals surface area contributed by atoms with Crippen molar-refractivity contribution in [2.75, 3.05) is 5.32 Å². The molecule has 18 heavy (non-hydrogen) atoms. The van der Waals surface area contributed by atoms with Crippen LogP contribution >= 0.6 is 0 Å². The summed E-state index contributed by atoms with van der Waals surface area (Å²) >= 11 is 0. The SMILES string of the molecule is Cc1ccc(C(=O)Nc2cccc(O)c2)cc1F. The van der Waals surface area contributed by atoms with Crippen molar-refractivity contribution in [1.29, 1.82) is 0 Å². The zero-order chi connectivity index (χ0) is 13.1. The summed E-state index contributed by atoms with van der Waals surface area (Å²) in [6.07, 6.45) is 0. The number of nitrogens with one attached hydrogen (secondary N) is 1. The second kappa shape index (κ2) is 4.87. The first-order chi connectivity index (χ1) is 8.56. The average Bonchev–Trinajstić information content (AvgIpc) is 2.32. The molecule has 0 bridgehead atoms. The Morgan fingerprint density at radius 3 is 2.67 bits per heavy atom. The molecule has 2 N–H and O–H groups in total. The number of anilines is 1. The minimum Gasteiger partial charge on any atom is -0.508 e. The molecule has 0 spiro atoms. The lowest BCUT2D eigenvalue weighted by molar-refractivity contribution is 0.102. The number of aryl methyl sites for hydroxylation is 1. The maximum atomic E-state index is 13.3. The van der Waals surface area contributed by atoms with E-state index in [9.17, 15) is 14.3 Å². The van der Waals surface area contributed by atoms with Gasteiger partial charge in [0.15, 0.2) is 0 Å². The minimum atomic E-state index is -0.418. The average molecular weight is 245 g/mol. The molecule has 2 rings (SSSR count). The highest BCUT2D eigenvalue weighted by Gasteiger charge is 2.08. The molecule has 0 saturated heterocycles. The van der Waals surface area contributed by atoms with Crippen molar-refractivity contribution in [1.82, 2.24) is 0 Å². The number of amides is 1. The number of benzene rings is 2. The van der Waals surface area contributed by atoms with E-state index < -0.39 is 11.7 Å². The molecule has 0 aliphatic carbocycles. The summed E-state index contributed by atoms with van der Waals surface area (Å²) in [5.74, 6) is -0.777. The van der Waals surface area contributed by atoms with Crippen LogP contribution in [0.3, 0.4) is 0 Å². The van der Waals surface area contributed by atoms with Crippen LogP contribution in [0.15, 0.2) is 42.5 Å². The first kappa shape index (κ1) is 12.1. The molecule has 0 fully saturated rings. The molecule has 0 radical (unpaired) electrons. The second-order valence-corrected chi connectivity index (χ2v) is 3.97. The molecule has 0 saturated carbocycles. The quantitative estimate of drug-likeness (QED) is 0.854. The van der Waals surface area contributed by atoms with Crippen LogP contribution in [-0.2, 0) is 0 Å². The van der Waals surface area contributed by atoms with E-state index in [0.29, 0.717) is 11.3 Å². The van der Waals surface area contributed by atoms with E-state index in [0.717, 1.165) is 0 Å². The zero-order valence-electron chi connectivity index (χ0n) is 9.77. The van der Waals surface area contributed by atoms with E-state index in [1.807, 2.05) is 0 Å². The molecule has 0 unspecified atom stereocenters. The van der Waals surface area contributed by atoms with E-state index in [-0.39, 0.29) is 11.3 Å². The van der Waals surface area contributed by atoms with Crippen LogP contribution in [0.2, 0.25) is 0 Å². The number of halogens is 1. The number of phenols is 1. The summed E-state index contributed by atoms with van der Waals surface area (Å²) in [5.41, 5.74) is 1.19. The molecule has 2 aromatic rings. The van der Waals surface area contributed by atoms with Crippen molar-refractivity contribution in [3.63, 3.8) is 0 Å². The third kappa shape index (κ3) is 2.66. The fraction of sp³-hybridized carbons (Fsp3) is 0.0714. The fourth-order valence-electron chi connectivity index (χ4n) is 1.52. The van der Waals surface area contributed by atoms with Crippen molar-refractivity contribution < 1.29 is 14.3 Å². The van der Waals surface area contributed by atoms with Gasteiger partial charge < -0.3 is 10.4 Å². The summed E-state index contributed by atoms with van der Waals surface area (Å²) in [4.78, 5) is 11.8. The number of carbonyl (C=O) groups excluding carboxylic acids is 1. The molecule has 3 nitrogen and oxygen atoms in total. The summed E-state index contributed by atoms with van der Waals surface area (Å²) in [7, 11) is 0. The smallest absolute Gasteiger partial charge is 0.255 e. The van der Waals surface area contributed by atoms with E-state index >= 15 is 0 Å². The van der Waals surface area contributed by atoms with E-state index in [2.05, 4.69) is 5.32 Å². The van der Waals surface area contributed by atoms with Gasteiger partial charge in [0.25, 0.3) is 5.91 Å². The third-order valence-electron chi connectivity index (χ3n) is 2.54. The van der Waals surface area contributed by atoms with Gasteiger partial charge in [0.2, 0.25) is 0 Å². The molecule has 0 aliphatic heterocycles. The molecule has 1 amide bonds. The monoisotopic (exact) mass is 245 g/mol. The van der Waals surface area contributed by atoms with Crippen LogP contribution in [0, 0.1) is 12.7 Å². The molecule has 0 atom stereocenters. The normalized spacial score (nSPS) is 10.1. The number of aromatic hydroxyl groups is 1. The zero-order valence-corrected chi connectivity index (χ0v) is 9.77. The number of hydrogen-bond donors (Lipinski definition) is 2. The van der Waals surface area contributed by atoms with Gasteiger partial charge in [0, 0.05) is 17.3 Å². The Hall–Kier alpha value is -2.36. The first-order valence-electron chi connectivity index (χ1n) is 5.43. The van der Waals surface area contributed by atoms with Gasteiger partial charge in [-0.2, -0.15) is 0 Å².